The molecular weight excluding hydrogens is 282 g/mol. The number of aliphatic hydroxyl groups excluding tert-OH is 1. The summed E-state index contributed by atoms with van der Waals surface area (Å²) in [4.78, 5) is 11.7. The van der Waals surface area contributed by atoms with Gasteiger partial charge in [0, 0.05) is 20.2 Å². The van der Waals surface area contributed by atoms with Gasteiger partial charge in [0.15, 0.2) is 0 Å². The number of alkyl halides is 2. The summed E-state index contributed by atoms with van der Waals surface area (Å²) in [5.74, 6) is 0. The van der Waals surface area contributed by atoms with Gasteiger partial charge in [0.05, 0.1) is 11.9 Å². The van der Waals surface area contributed by atoms with Crippen molar-refractivity contribution in [3.05, 3.63) is 11.9 Å². The molecule has 0 radical (unpaired) electrons. The second kappa shape index (κ2) is 6.38. The van der Waals surface area contributed by atoms with Crippen molar-refractivity contribution in [3.8, 4) is 0 Å². The van der Waals surface area contributed by atoms with Crippen molar-refractivity contribution in [2.45, 2.75) is 32.1 Å². The maximum Gasteiger partial charge on any atom is 0.319 e. The predicted molar refractivity (Wildman–Crippen MR) is 73.2 cm³/mol. The van der Waals surface area contributed by atoms with Crippen molar-refractivity contribution in [3.63, 3.8) is 0 Å². The number of hydrogen-bond acceptors (Lipinski definition) is 3. The number of halogens is 2. The van der Waals surface area contributed by atoms with E-state index in [-0.39, 0.29) is 23.4 Å². The highest BCUT2D eigenvalue weighted by molar-refractivity contribution is 5.89. The molecule has 0 aliphatic heterocycles. The number of rotatable bonds is 6. The van der Waals surface area contributed by atoms with Crippen LogP contribution in [0.3, 0.4) is 0 Å². The number of hydrogen-bond donors (Lipinski definition) is 3. The van der Waals surface area contributed by atoms with Crippen LogP contribution in [0, 0.1) is 5.41 Å². The molecule has 1 aromatic rings. The van der Waals surface area contributed by atoms with Crippen LogP contribution in [0.15, 0.2) is 6.20 Å². The summed E-state index contributed by atoms with van der Waals surface area (Å²) in [6.07, 6.45) is 2.20. The van der Waals surface area contributed by atoms with Crippen LogP contribution < -0.4 is 10.6 Å². The van der Waals surface area contributed by atoms with E-state index in [1.807, 2.05) is 0 Å². The van der Waals surface area contributed by atoms with Gasteiger partial charge in [0.2, 0.25) is 0 Å². The molecular formula is C13H20F2N4O2. The van der Waals surface area contributed by atoms with E-state index >= 15 is 0 Å². The Balaban J connectivity index is 1.82. The molecule has 3 N–H and O–H groups in total. The summed E-state index contributed by atoms with van der Waals surface area (Å²) in [6, 6.07) is -0.544. The summed E-state index contributed by atoms with van der Waals surface area (Å²) in [5.41, 5.74) is -0.392. The molecule has 118 valence electrons. The van der Waals surface area contributed by atoms with Gasteiger partial charge in [-0.1, -0.05) is 6.42 Å². The molecule has 21 heavy (non-hydrogen) atoms. The Kier molecular flexibility index (Phi) is 4.76. The number of carbonyl (C=O) groups excluding carboxylic acids is 1. The molecule has 1 fully saturated rings. The average molecular weight is 302 g/mol. The topological polar surface area (TPSA) is 79.2 Å². The quantitative estimate of drug-likeness (QED) is 0.752. The molecule has 0 aromatic carbocycles. The lowest BCUT2D eigenvalue weighted by molar-refractivity contribution is 0.0372. The van der Waals surface area contributed by atoms with Gasteiger partial charge in [-0.15, -0.1) is 0 Å². The molecule has 6 nitrogen and oxygen atoms in total. The number of aryl methyl sites for hydroxylation is 1. The molecule has 1 saturated carbocycles. The SMILES string of the molecule is Cn1ncc(NC(=O)NCCC2(CO)CCC2)c1C(F)F. The maximum absolute atomic E-state index is 12.8. The number of carbonyl (C=O) groups is 1. The average Bonchev–Trinajstić information content (AvgIpc) is 2.73. The third-order valence-electron chi connectivity index (χ3n) is 4.13. The third kappa shape index (κ3) is 3.49. The molecule has 8 heteroatoms. The summed E-state index contributed by atoms with van der Waals surface area (Å²) in [7, 11) is 1.40. The highest BCUT2D eigenvalue weighted by Crippen LogP contribution is 2.43. The highest BCUT2D eigenvalue weighted by Gasteiger charge is 2.35. The zero-order valence-electron chi connectivity index (χ0n) is 11.9. The zero-order valence-corrected chi connectivity index (χ0v) is 11.9. The van der Waals surface area contributed by atoms with Crippen LogP contribution >= 0.6 is 0 Å². The molecule has 0 atom stereocenters. The normalized spacial score (nSPS) is 16.6. The largest absolute Gasteiger partial charge is 0.396 e. The first-order valence-electron chi connectivity index (χ1n) is 6.93. The van der Waals surface area contributed by atoms with Gasteiger partial charge in [-0.3, -0.25) is 4.68 Å². The first-order valence-corrected chi connectivity index (χ1v) is 6.93. The molecule has 0 unspecified atom stereocenters. The molecule has 0 bridgehead atoms. The Morgan fingerprint density at radius 2 is 2.29 bits per heavy atom. The van der Waals surface area contributed by atoms with Gasteiger partial charge >= 0.3 is 6.03 Å². The van der Waals surface area contributed by atoms with Crippen molar-refractivity contribution in [2.24, 2.45) is 12.5 Å². The van der Waals surface area contributed by atoms with Crippen molar-refractivity contribution in [1.82, 2.24) is 15.1 Å². The Morgan fingerprint density at radius 1 is 1.57 bits per heavy atom. The van der Waals surface area contributed by atoms with Crippen LogP contribution in [0.1, 0.15) is 37.8 Å². The van der Waals surface area contributed by atoms with Gasteiger partial charge < -0.3 is 15.7 Å². The van der Waals surface area contributed by atoms with E-state index in [9.17, 15) is 18.7 Å². The van der Waals surface area contributed by atoms with Gasteiger partial charge in [-0.2, -0.15) is 5.10 Å². The number of aliphatic hydroxyl groups is 1. The van der Waals surface area contributed by atoms with E-state index in [2.05, 4.69) is 15.7 Å². The van der Waals surface area contributed by atoms with Crippen molar-refractivity contribution < 1.29 is 18.7 Å². The molecule has 0 spiro atoms. The standard InChI is InChI=1S/C13H20F2N4O2/c1-19-10(11(14)15)9(7-17-19)18-12(21)16-6-5-13(8-20)3-2-4-13/h7,11,20H,2-6,8H2,1H3,(H2,16,18,21). The van der Waals surface area contributed by atoms with E-state index in [1.54, 1.807) is 0 Å². The van der Waals surface area contributed by atoms with E-state index in [1.165, 1.54) is 13.2 Å². The van der Waals surface area contributed by atoms with Crippen LogP contribution in [-0.2, 0) is 7.05 Å². The first-order chi connectivity index (χ1) is 9.97. The minimum Gasteiger partial charge on any atom is -0.396 e. The number of aromatic nitrogens is 2. The zero-order chi connectivity index (χ0) is 15.5. The molecule has 2 amide bonds. The number of urea groups is 1. The van der Waals surface area contributed by atoms with Crippen molar-refractivity contribution in [2.75, 3.05) is 18.5 Å². The maximum atomic E-state index is 12.8. The fourth-order valence-electron chi connectivity index (χ4n) is 2.57. The van der Waals surface area contributed by atoms with Gasteiger partial charge in [0.25, 0.3) is 6.43 Å². The highest BCUT2D eigenvalue weighted by atomic mass is 19.3. The van der Waals surface area contributed by atoms with E-state index in [4.69, 9.17) is 0 Å². The monoisotopic (exact) mass is 302 g/mol. The van der Waals surface area contributed by atoms with E-state index in [0.29, 0.717) is 13.0 Å². The third-order valence-corrected chi connectivity index (χ3v) is 4.13. The summed E-state index contributed by atoms with van der Waals surface area (Å²) in [5, 5.41) is 18.0. The molecule has 0 saturated heterocycles. The lowest BCUT2D eigenvalue weighted by Gasteiger charge is -2.40. The van der Waals surface area contributed by atoms with Crippen LogP contribution in [0.2, 0.25) is 0 Å². The van der Waals surface area contributed by atoms with Gasteiger partial charge in [-0.05, 0) is 24.7 Å². The van der Waals surface area contributed by atoms with Gasteiger partial charge in [-0.25, -0.2) is 13.6 Å². The second-order valence-electron chi connectivity index (χ2n) is 5.51. The molecule has 1 aliphatic carbocycles. The van der Waals surface area contributed by atoms with E-state index < -0.39 is 12.5 Å². The molecule has 1 heterocycles. The first kappa shape index (κ1) is 15.7. The molecule has 1 aromatic heterocycles. The Hall–Kier alpha value is -1.70. The van der Waals surface area contributed by atoms with Crippen LogP contribution in [-0.4, -0.2) is 34.1 Å². The Morgan fingerprint density at radius 3 is 2.81 bits per heavy atom. The molecule has 2 rings (SSSR count). The fraction of sp³-hybridized carbons (Fsp3) is 0.692. The minimum absolute atomic E-state index is 0.00511. The number of nitrogens with zero attached hydrogens (tertiary/aromatic N) is 2. The lowest BCUT2D eigenvalue weighted by Crippen LogP contribution is -2.38. The summed E-state index contributed by atoms with van der Waals surface area (Å²) >= 11 is 0. The Bertz CT molecular complexity index is 495. The minimum atomic E-state index is -2.71. The smallest absolute Gasteiger partial charge is 0.319 e. The number of anilines is 1. The number of nitrogens with one attached hydrogen (secondary N) is 2. The van der Waals surface area contributed by atoms with Crippen LogP contribution in [0.4, 0.5) is 19.3 Å². The summed E-state index contributed by atoms with van der Waals surface area (Å²) in [6.45, 7) is 0.519. The Labute approximate surface area is 121 Å². The second-order valence-corrected chi connectivity index (χ2v) is 5.51. The van der Waals surface area contributed by atoms with E-state index in [0.717, 1.165) is 23.9 Å². The van der Waals surface area contributed by atoms with Crippen molar-refractivity contribution in [1.29, 1.82) is 0 Å². The van der Waals surface area contributed by atoms with Crippen molar-refractivity contribution >= 4 is 11.7 Å². The number of amides is 2. The lowest BCUT2D eigenvalue weighted by atomic mass is 9.67. The van der Waals surface area contributed by atoms with Crippen LogP contribution in [0.25, 0.3) is 0 Å². The van der Waals surface area contributed by atoms with Crippen LogP contribution in [0.5, 0.6) is 0 Å². The predicted octanol–water partition coefficient (Wildman–Crippen LogP) is 2.03. The van der Waals surface area contributed by atoms with Gasteiger partial charge in [0.1, 0.15) is 5.69 Å². The molecule has 1 aliphatic rings. The summed E-state index contributed by atoms with van der Waals surface area (Å²) < 4.78 is 26.7. The fourth-order valence-corrected chi connectivity index (χ4v) is 2.57.